The molecule has 2 aromatic carbocycles. The van der Waals surface area contributed by atoms with Crippen molar-refractivity contribution in [3.8, 4) is 0 Å². The van der Waals surface area contributed by atoms with E-state index in [9.17, 15) is 9.18 Å². The summed E-state index contributed by atoms with van der Waals surface area (Å²) in [6.07, 6.45) is 1.10. The number of nitrogens with one attached hydrogen (secondary N) is 2. The highest BCUT2D eigenvalue weighted by atomic mass is 35.5. The summed E-state index contributed by atoms with van der Waals surface area (Å²) in [6, 6.07) is 11.1. The van der Waals surface area contributed by atoms with Crippen LogP contribution in [0.5, 0.6) is 0 Å². The van der Waals surface area contributed by atoms with E-state index in [0.29, 0.717) is 35.2 Å². The van der Waals surface area contributed by atoms with Crippen molar-refractivity contribution in [1.82, 2.24) is 5.32 Å². The lowest BCUT2D eigenvalue weighted by Crippen LogP contribution is -2.23. The molecule has 0 saturated heterocycles. The predicted molar refractivity (Wildman–Crippen MR) is 92.7 cm³/mol. The highest BCUT2D eigenvalue weighted by Crippen LogP contribution is 2.21. The molecule has 6 heteroatoms. The molecular weight excluding hydrogens is 338 g/mol. The van der Waals surface area contributed by atoms with Gasteiger partial charge in [-0.05, 0) is 54.9 Å². The molecular formula is C17H17Cl2FN2O. The van der Waals surface area contributed by atoms with Crippen LogP contribution in [-0.2, 0) is 11.2 Å². The Kier molecular flexibility index (Phi) is 6.84. The second-order valence-corrected chi connectivity index (χ2v) is 5.88. The summed E-state index contributed by atoms with van der Waals surface area (Å²) >= 11 is 11.9. The van der Waals surface area contributed by atoms with E-state index in [0.717, 1.165) is 12.0 Å². The van der Waals surface area contributed by atoms with Crippen molar-refractivity contribution in [2.24, 2.45) is 0 Å². The number of rotatable bonds is 7. The lowest BCUT2D eigenvalue weighted by atomic mass is 10.1. The fraction of sp³-hybridized carbons (Fsp3) is 0.235. The molecule has 0 fully saturated rings. The molecule has 0 heterocycles. The molecule has 0 bridgehead atoms. The van der Waals surface area contributed by atoms with Crippen LogP contribution in [0.15, 0.2) is 42.5 Å². The van der Waals surface area contributed by atoms with Gasteiger partial charge < -0.3 is 10.6 Å². The van der Waals surface area contributed by atoms with Gasteiger partial charge in [0, 0.05) is 28.7 Å². The van der Waals surface area contributed by atoms with Crippen LogP contribution >= 0.6 is 23.2 Å². The second kappa shape index (κ2) is 8.87. The number of carbonyl (C=O) groups excluding carboxylic acids is 1. The Morgan fingerprint density at radius 3 is 2.48 bits per heavy atom. The molecule has 0 atom stereocenters. The molecule has 0 aliphatic heterocycles. The molecule has 0 aliphatic rings. The first kappa shape index (κ1) is 17.7. The van der Waals surface area contributed by atoms with Crippen molar-refractivity contribution >= 4 is 34.8 Å². The highest BCUT2D eigenvalue weighted by Gasteiger charge is 2.03. The molecule has 2 rings (SSSR count). The number of carbonyl (C=O) groups is 1. The Labute approximate surface area is 144 Å². The first-order chi connectivity index (χ1) is 11.0. The molecule has 0 saturated carbocycles. The van der Waals surface area contributed by atoms with Gasteiger partial charge in [0.1, 0.15) is 5.82 Å². The summed E-state index contributed by atoms with van der Waals surface area (Å²) < 4.78 is 12.8. The van der Waals surface area contributed by atoms with Crippen LogP contribution in [0, 0.1) is 5.82 Å². The lowest BCUT2D eigenvalue weighted by molar-refractivity contribution is -0.116. The summed E-state index contributed by atoms with van der Waals surface area (Å²) in [4.78, 5) is 11.7. The quantitative estimate of drug-likeness (QED) is 0.728. The zero-order valence-corrected chi connectivity index (χ0v) is 13.9. The number of hydrogen-bond acceptors (Lipinski definition) is 2. The molecule has 23 heavy (non-hydrogen) atoms. The minimum Gasteiger partial charge on any atom is -0.326 e. The van der Waals surface area contributed by atoms with Crippen LogP contribution in [0.4, 0.5) is 10.1 Å². The first-order valence-corrected chi connectivity index (χ1v) is 8.00. The van der Waals surface area contributed by atoms with Crippen molar-refractivity contribution in [3.05, 3.63) is 63.9 Å². The average molecular weight is 355 g/mol. The number of anilines is 1. The highest BCUT2D eigenvalue weighted by molar-refractivity contribution is 6.35. The Bertz CT molecular complexity index is 662. The van der Waals surface area contributed by atoms with Crippen molar-refractivity contribution in [2.45, 2.75) is 12.8 Å². The van der Waals surface area contributed by atoms with E-state index in [1.807, 2.05) is 6.07 Å². The zero-order valence-electron chi connectivity index (χ0n) is 12.4. The van der Waals surface area contributed by atoms with Gasteiger partial charge in [-0.1, -0.05) is 29.3 Å². The minimum absolute atomic E-state index is 0.117. The largest absolute Gasteiger partial charge is 0.326 e. The Morgan fingerprint density at radius 1 is 1.04 bits per heavy atom. The van der Waals surface area contributed by atoms with E-state index in [-0.39, 0.29) is 11.7 Å². The summed E-state index contributed by atoms with van der Waals surface area (Å²) in [7, 11) is 0. The Morgan fingerprint density at radius 2 is 1.78 bits per heavy atom. The van der Waals surface area contributed by atoms with Gasteiger partial charge in [-0.15, -0.1) is 0 Å². The van der Waals surface area contributed by atoms with Crippen LogP contribution in [0.2, 0.25) is 10.0 Å². The van der Waals surface area contributed by atoms with Crippen LogP contribution in [0.3, 0.4) is 0 Å². The number of halogens is 3. The third-order valence-corrected chi connectivity index (χ3v) is 3.83. The van der Waals surface area contributed by atoms with Crippen molar-refractivity contribution in [3.63, 3.8) is 0 Å². The number of amides is 1. The summed E-state index contributed by atoms with van der Waals surface area (Å²) in [5.74, 6) is -0.445. The summed E-state index contributed by atoms with van der Waals surface area (Å²) in [5.41, 5.74) is 1.60. The minimum atomic E-state index is -0.328. The SMILES string of the molecule is O=C(CCNCCc1ccc(Cl)cc1Cl)Nc1ccc(F)cc1. The Balaban J connectivity index is 1.65. The van der Waals surface area contributed by atoms with Gasteiger partial charge in [0.05, 0.1) is 0 Å². The molecule has 1 amide bonds. The molecule has 2 N–H and O–H groups in total. The zero-order chi connectivity index (χ0) is 16.7. The van der Waals surface area contributed by atoms with Gasteiger partial charge in [-0.25, -0.2) is 4.39 Å². The third kappa shape index (κ3) is 6.18. The average Bonchev–Trinajstić information content (AvgIpc) is 2.51. The molecule has 122 valence electrons. The first-order valence-electron chi connectivity index (χ1n) is 7.24. The van der Waals surface area contributed by atoms with E-state index < -0.39 is 0 Å². The van der Waals surface area contributed by atoms with E-state index in [1.165, 1.54) is 24.3 Å². The van der Waals surface area contributed by atoms with Crippen LogP contribution in [-0.4, -0.2) is 19.0 Å². The summed E-state index contributed by atoms with van der Waals surface area (Å²) in [6.45, 7) is 1.27. The van der Waals surface area contributed by atoms with Gasteiger partial charge in [-0.3, -0.25) is 4.79 Å². The molecule has 0 radical (unpaired) electrons. The van der Waals surface area contributed by atoms with Gasteiger partial charge in [-0.2, -0.15) is 0 Å². The lowest BCUT2D eigenvalue weighted by Gasteiger charge is -2.08. The Hall–Kier alpha value is -1.62. The monoisotopic (exact) mass is 354 g/mol. The normalized spacial score (nSPS) is 10.6. The molecule has 0 aromatic heterocycles. The van der Waals surface area contributed by atoms with Gasteiger partial charge in [0.2, 0.25) is 5.91 Å². The van der Waals surface area contributed by atoms with Crippen molar-refractivity contribution in [2.75, 3.05) is 18.4 Å². The fourth-order valence-electron chi connectivity index (χ4n) is 2.03. The van der Waals surface area contributed by atoms with Crippen LogP contribution in [0.25, 0.3) is 0 Å². The molecule has 0 aliphatic carbocycles. The van der Waals surface area contributed by atoms with E-state index >= 15 is 0 Å². The molecule has 3 nitrogen and oxygen atoms in total. The predicted octanol–water partition coefficient (Wildman–Crippen LogP) is 4.29. The maximum absolute atomic E-state index is 12.8. The van der Waals surface area contributed by atoms with Gasteiger partial charge in [0.15, 0.2) is 0 Å². The topological polar surface area (TPSA) is 41.1 Å². The van der Waals surface area contributed by atoms with Crippen LogP contribution < -0.4 is 10.6 Å². The molecule has 0 unspecified atom stereocenters. The number of benzene rings is 2. The van der Waals surface area contributed by atoms with E-state index in [4.69, 9.17) is 23.2 Å². The standard InChI is InChI=1S/C17H17Cl2FN2O/c18-13-2-1-12(16(19)11-13)7-9-21-10-8-17(23)22-15-5-3-14(20)4-6-15/h1-6,11,21H,7-10H2,(H,22,23). The van der Waals surface area contributed by atoms with E-state index in [2.05, 4.69) is 10.6 Å². The van der Waals surface area contributed by atoms with Gasteiger partial charge in [0.25, 0.3) is 0 Å². The van der Waals surface area contributed by atoms with Crippen molar-refractivity contribution < 1.29 is 9.18 Å². The molecule has 0 spiro atoms. The number of hydrogen-bond donors (Lipinski definition) is 2. The van der Waals surface area contributed by atoms with E-state index in [1.54, 1.807) is 12.1 Å². The van der Waals surface area contributed by atoms with Crippen molar-refractivity contribution in [1.29, 1.82) is 0 Å². The smallest absolute Gasteiger partial charge is 0.225 e. The van der Waals surface area contributed by atoms with Gasteiger partial charge >= 0.3 is 0 Å². The fourth-order valence-corrected chi connectivity index (χ4v) is 2.53. The maximum atomic E-state index is 12.8. The third-order valence-electron chi connectivity index (χ3n) is 3.24. The second-order valence-electron chi connectivity index (χ2n) is 5.04. The van der Waals surface area contributed by atoms with Crippen LogP contribution in [0.1, 0.15) is 12.0 Å². The molecule has 2 aromatic rings. The maximum Gasteiger partial charge on any atom is 0.225 e. The summed E-state index contributed by atoms with van der Waals surface area (Å²) in [5, 5.41) is 7.16.